The van der Waals surface area contributed by atoms with E-state index in [1.165, 1.54) is 5.56 Å². The molecule has 1 aliphatic heterocycles. The van der Waals surface area contributed by atoms with E-state index in [0.717, 1.165) is 38.8 Å². The lowest BCUT2D eigenvalue weighted by Crippen LogP contribution is -2.44. The van der Waals surface area contributed by atoms with Crippen molar-refractivity contribution in [2.45, 2.75) is 52.0 Å². The maximum absolute atomic E-state index is 12.0. The molecule has 0 radical (unpaired) electrons. The summed E-state index contributed by atoms with van der Waals surface area (Å²) in [5, 5.41) is 6.28. The van der Waals surface area contributed by atoms with E-state index >= 15 is 0 Å². The summed E-state index contributed by atoms with van der Waals surface area (Å²) < 4.78 is 5.57. The van der Waals surface area contributed by atoms with Crippen molar-refractivity contribution in [1.29, 1.82) is 0 Å². The Morgan fingerprint density at radius 3 is 2.48 bits per heavy atom. The number of benzene rings is 1. The number of ether oxygens (including phenoxy) is 1. The average molecular weight is 318 g/mol. The quantitative estimate of drug-likeness (QED) is 0.873. The molecule has 0 spiro atoms. The predicted molar refractivity (Wildman–Crippen MR) is 93.5 cm³/mol. The van der Waals surface area contributed by atoms with Gasteiger partial charge in [0.05, 0.1) is 6.61 Å². The molecule has 1 fully saturated rings. The summed E-state index contributed by atoms with van der Waals surface area (Å²) in [5.74, 6) is 0. The molecule has 2 rings (SSSR count). The number of amides is 1. The molecule has 2 N–H and O–H groups in total. The van der Waals surface area contributed by atoms with Crippen LogP contribution in [0.25, 0.3) is 0 Å². The summed E-state index contributed by atoms with van der Waals surface area (Å²) in [6, 6.07) is 10.5. The van der Waals surface area contributed by atoms with Crippen LogP contribution in [0.4, 0.5) is 4.79 Å². The van der Waals surface area contributed by atoms with Crippen molar-refractivity contribution in [1.82, 2.24) is 10.6 Å². The zero-order chi connectivity index (χ0) is 16.8. The van der Waals surface area contributed by atoms with Crippen molar-refractivity contribution >= 4 is 6.09 Å². The highest BCUT2D eigenvalue weighted by Crippen LogP contribution is 2.34. The van der Waals surface area contributed by atoms with Crippen LogP contribution in [0.2, 0.25) is 0 Å². The predicted octanol–water partition coefficient (Wildman–Crippen LogP) is 3.51. The topological polar surface area (TPSA) is 50.4 Å². The Morgan fingerprint density at radius 1 is 1.22 bits per heavy atom. The summed E-state index contributed by atoms with van der Waals surface area (Å²) in [4.78, 5) is 12.0. The van der Waals surface area contributed by atoms with Gasteiger partial charge in [-0.05, 0) is 65.1 Å². The monoisotopic (exact) mass is 318 g/mol. The molecule has 4 heteroatoms. The van der Waals surface area contributed by atoms with Gasteiger partial charge >= 0.3 is 6.09 Å². The van der Waals surface area contributed by atoms with Crippen LogP contribution in [0.3, 0.4) is 0 Å². The summed E-state index contributed by atoms with van der Waals surface area (Å²) in [7, 11) is 0. The Morgan fingerprint density at radius 2 is 1.87 bits per heavy atom. The summed E-state index contributed by atoms with van der Waals surface area (Å²) in [6.07, 6.45) is 3.90. The number of piperidine rings is 1. The first-order chi connectivity index (χ1) is 10.9. The fourth-order valence-corrected chi connectivity index (χ4v) is 3.04. The molecule has 0 saturated carbocycles. The highest BCUT2D eigenvalue weighted by Gasteiger charge is 2.33. The van der Waals surface area contributed by atoms with Gasteiger partial charge in [-0.3, -0.25) is 0 Å². The highest BCUT2D eigenvalue weighted by atomic mass is 16.5. The van der Waals surface area contributed by atoms with Gasteiger partial charge in [0, 0.05) is 11.0 Å². The van der Waals surface area contributed by atoms with Crippen LogP contribution in [-0.4, -0.2) is 31.3 Å². The number of hydrogen-bond donors (Lipinski definition) is 2. The number of aryl methyl sites for hydroxylation is 1. The van der Waals surface area contributed by atoms with Crippen molar-refractivity contribution in [3.05, 3.63) is 35.9 Å². The first-order valence-corrected chi connectivity index (χ1v) is 8.58. The third-order valence-corrected chi connectivity index (χ3v) is 4.44. The fourth-order valence-electron chi connectivity index (χ4n) is 3.04. The number of rotatable bonds is 5. The van der Waals surface area contributed by atoms with Crippen LogP contribution in [0.5, 0.6) is 0 Å². The van der Waals surface area contributed by atoms with Crippen LogP contribution in [0.1, 0.15) is 45.6 Å². The normalized spacial score (nSPS) is 17.5. The van der Waals surface area contributed by atoms with E-state index in [1.807, 2.05) is 26.8 Å². The number of hydrogen-bond acceptors (Lipinski definition) is 3. The van der Waals surface area contributed by atoms with Crippen molar-refractivity contribution in [2.75, 3.05) is 19.7 Å². The Kier molecular flexibility index (Phi) is 6.05. The Bertz CT molecular complexity index is 488. The maximum atomic E-state index is 12.0. The summed E-state index contributed by atoms with van der Waals surface area (Å²) in [5.41, 5.74) is 1.18. The number of nitrogens with one attached hydrogen (secondary N) is 2. The fraction of sp³-hybridized carbons (Fsp3) is 0.632. The van der Waals surface area contributed by atoms with Crippen LogP contribution < -0.4 is 10.6 Å². The minimum atomic E-state index is -0.310. The molecule has 128 valence electrons. The maximum Gasteiger partial charge on any atom is 0.407 e. The average Bonchev–Trinajstić information content (AvgIpc) is 2.52. The number of alkyl carbamates (subject to hydrolysis) is 1. The Balaban J connectivity index is 1.91. The Labute approximate surface area is 140 Å². The van der Waals surface area contributed by atoms with Gasteiger partial charge < -0.3 is 15.4 Å². The van der Waals surface area contributed by atoms with Gasteiger partial charge in [-0.25, -0.2) is 4.79 Å². The summed E-state index contributed by atoms with van der Waals surface area (Å²) in [6.45, 7) is 8.39. The SMILES string of the molecule is CC(C)(C)NC(=O)OCC1(CCc2ccccc2)CCNCC1. The molecule has 1 aromatic rings. The lowest BCUT2D eigenvalue weighted by molar-refractivity contribution is 0.0511. The molecular formula is C19H30N2O2. The summed E-state index contributed by atoms with van der Waals surface area (Å²) >= 11 is 0. The van der Waals surface area contributed by atoms with Crippen LogP contribution in [-0.2, 0) is 11.2 Å². The van der Waals surface area contributed by atoms with Gasteiger partial charge in [0.25, 0.3) is 0 Å². The van der Waals surface area contributed by atoms with Crippen molar-refractivity contribution in [3.63, 3.8) is 0 Å². The van der Waals surface area contributed by atoms with Gasteiger partial charge in [-0.1, -0.05) is 30.3 Å². The molecule has 1 heterocycles. The second-order valence-electron chi connectivity index (χ2n) is 7.69. The van der Waals surface area contributed by atoms with Crippen LogP contribution in [0.15, 0.2) is 30.3 Å². The third-order valence-electron chi connectivity index (χ3n) is 4.44. The molecule has 1 amide bonds. The molecule has 1 aromatic carbocycles. The van der Waals surface area contributed by atoms with E-state index in [-0.39, 0.29) is 17.0 Å². The lowest BCUT2D eigenvalue weighted by Gasteiger charge is -2.37. The van der Waals surface area contributed by atoms with Crippen molar-refractivity contribution in [2.24, 2.45) is 5.41 Å². The molecular weight excluding hydrogens is 288 g/mol. The van der Waals surface area contributed by atoms with Gasteiger partial charge in [0.2, 0.25) is 0 Å². The molecule has 1 saturated heterocycles. The second-order valence-corrected chi connectivity index (χ2v) is 7.69. The van der Waals surface area contributed by atoms with E-state index in [0.29, 0.717) is 6.61 Å². The van der Waals surface area contributed by atoms with Crippen LogP contribution >= 0.6 is 0 Å². The second kappa shape index (κ2) is 7.82. The highest BCUT2D eigenvalue weighted by molar-refractivity contribution is 5.68. The smallest absolute Gasteiger partial charge is 0.407 e. The molecule has 0 unspecified atom stereocenters. The molecule has 0 bridgehead atoms. The van der Waals surface area contributed by atoms with E-state index in [4.69, 9.17) is 4.74 Å². The zero-order valence-corrected chi connectivity index (χ0v) is 14.7. The van der Waals surface area contributed by atoms with Gasteiger partial charge in [0.1, 0.15) is 0 Å². The first kappa shape index (κ1) is 17.8. The Hall–Kier alpha value is -1.55. The van der Waals surface area contributed by atoms with E-state index < -0.39 is 0 Å². The number of carbonyl (C=O) groups is 1. The molecule has 4 nitrogen and oxygen atoms in total. The van der Waals surface area contributed by atoms with E-state index in [9.17, 15) is 4.79 Å². The van der Waals surface area contributed by atoms with Crippen molar-refractivity contribution in [3.8, 4) is 0 Å². The largest absolute Gasteiger partial charge is 0.449 e. The van der Waals surface area contributed by atoms with E-state index in [1.54, 1.807) is 0 Å². The lowest BCUT2D eigenvalue weighted by atomic mass is 9.75. The standard InChI is InChI=1S/C19H30N2O2/c1-18(2,3)21-17(22)23-15-19(11-13-20-14-12-19)10-9-16-7-5-4-6-8-16/h4-8,20H,9-15H2,1-3H3,(H,21,22). The van der Waals surface area contributed by atoms with Gasteiger partial charge in [-0.15, -0.1) is 0 Å². The van der Waals surface area contributed by atoms with Crippen LogP contribution in [0, 0.1) is 5.41 Å². The van der Waals surface area contributed by atoms with E-state index in [2.05, 4.69) is 34.9 Å². The molecule has 23 heavy (non-hydrogen) atoms. The molecule has 0 aliphatic carbocycles. The minimum Gasteiger partial charge on any atom is -0.449 e. The number of carbonyl (C=O) groups excluding carboxylic acids is 1. The molecule has 0 atom stereocenters. The van der Waals surface area contributed by atoms with Gasteiger partial charge in [0.15, 0.2) is 0 Å². The minimum absolute atomic E-state index is 0.0936. The zero-order valence-electron chi connectivity index (χ0n) is 14.7. The first-order valence-electron chi connectivity index (χ1n) is 8.58. The van der Waals surface area contributed by atoms with Gasteiger partial charge in [-0.2, -0.15) is 0 Å². The van der Waals surface area contributed by atoms with Crippen molar-refractivity contribution < 1.29 is 9.53 Å². The molecule has 0 aromatic heterocycles. The third kappa shape index (κ3) is 6.22. The molecule has 1 aliphatic rings.